The van der Waals surface area contributed by atoms with Crippen molar-refractivity contribution in [3.63, 3.8) is 0 Å². The maximum absolute atomic E-state index is 13.3. The second-order valence-electron chi connectivity index (χ2n) is 8.05. The van der Waals surface area contributed by atoms with Gasteiger partial charge in [0.15, 0.2) is 0 Å². The maximum Gasteiger partial charge on any atom is 0.262 e. The highest BCUT2D eigenvalue weighted by Crippen LogP contribution is 2.30. The van der Waals surface area contributed by atoms with E-state index in [2.05, 4.69) is 22.6 Å². The first-order valence-electron chi connectivity index (χ1n) is 10.2. The van der Waals surface area contributed by atoms with E-state index in [-0.39, 0.29) is 24.5 Å². The summed E-state index contributed by atoms with van der Waals surface area (Å²) >= 11 is 7.13. The fourth-order valence-corrected chi connectivity index (χ4v) is 4.99. The third-order valence-corrected chi connectivity index (χ3v) is 7.11. The van der Waals surface area contributed by atoms with E-state index in [1.165, 1.54) is 16.9 Å². The zero-order chi connectivity index (χ0) is 22.0. The highest BCUT2D eigenvalue weighted by Gasteiger charge is 2.44. The number of fused-ring (bicyclic) bond motifs is 1. The molecule has 9 heteroatoms. The highest BCUT2D eigenvalue weighted by atomic mass is 35.5. The van der Waals surface area contributed by atoms with Gasteiger partial charge in [0.1, 0.15) is 5.54 Å². The summed E-state index contributed by atoms with van der Waals surface area (Å²) in [5.41, 5.74) is 1.85. The lowest BCUT2D eigenvalue weighted by molar-refractivity contribution is -0.122. The lowest BCUT2D eigenvalue weighted by atomic mass is 9.96. The van der Waals surface area contributed by atoms with Crippen LogP contribution in [-0.4, -0.2) is 62.7 Å². The third-order valence-electron chi connectivity index (χ3n) is 5.88. The molecule has 1 aromatic heterocycles. The first kappa shape index (κ1) is 22.2. The molecule has 2 unspecified atom stereocenters. The van der Waals surface area contributed by atoms with Crippen molar-refractivity contribution in [2.45, 2.75) is 24.5 Å². The first-order chi connectivity index (χ1) is 14.9. The number of amides is 2. The SMILES string of the molecule is COC1CN(C)CCc2ccc(NC(=O)C3(NC(=O)c4ccc(Cl)s4)CCOC3)cc21. The molecule has 7 nitrogen and oxygen atoms in total. The van der Waals surface area contributed by atoms with Gasteiger partial charge in [0, 0.05) is 38.9 Å². The van der Waals surface area contributed by atoms with Gasteiger partial charge in [-0.05, 0) is 48.9 Å². The molecule has 1 aromatic carbocycles. The number of rotatable bonds is 5. The lowest BCUT2D eigenvalue weighted by Crippen LogP contribution is -2.57. The molecule has 4 rings (SSSR count). The number of hydrogen-bond donors (Lipinski definition) is 2. The predicted octanol–water partition coefficient (Wildman–Crippen LogP) is 3.10. The number of nitrogens with one attached hydrogen (secondary N) is 2. The summed E-state index contributed by atoms with van der Waals surface area (Å²) in [6.07, 6.45) is 1.27. The summed E-state index contributed by atoms with van der Waals surface area (Å²) in [5.74, 6) is -0.623. The summed E-state index contributed by atoms with van der Waals surface area (Å²) < 4.78 is 11.7. The fraction of sp³-hybridized carbons (Fsp3) is 0.455. The number of carbonyl (C=O) groups is 2. The molecule has 2 N–H and O–H groups in total. The number of benzene rings is 1. The van der Waals surface area contributed by atoms with Crippen molar-refractivity contribution < 1.29 is 19.1 Å². The van der Waals surface area contributed by atoms with Gasteiger partial charge in [-0.25, -0.2) is 0 Å². The van der Waals surface area contributed by atoms with Crippen LogP contribution in [-0.2, 0) is 20.7 Å². The minimum Gasteiger partial charge on any atom is -0.378 e. The largest absolute Gasteiger partial charge is 0.378 e. The van der Waals surface area contributed by atoms with Crippen LogP contribution in [0.3, 0.4) is 0 Å². The van der Waals surface area contributed by atoms with Gasteiger partial charge in [-0.3, -0.25) is 9.59 Å². The number of hydrogen-bond acceptors (Lipinski definition) is 6. The van der Waals surface area contributed by atoms with Crippen LogP contribution in [0.5, 0.6) is 0 Å². The van der Waals surface area contributed by atoms with Crippen LogP contribution in [0.25, 0.3) is 0 Å². The topological polar surface area (TPSA) is 79.9 Å². The molecule has 1 fully saturated rings. The lowest BCUT2D eigenvalue weighted by Gasteiger charge is -2.27. The van der Waals surface area contributed by atoms with Crippen LogP contribution in [0.15, 0.2) is 30.3 Å². The Balaban J connectivity index is 1.54. The molecule has 0 saturated carbocycles. The normalized spacial score (nSPS) is 23.8. The molecule has 2 aliphatic heterocycles. The van der Waals surface area contributed by atoms with Crippen LogP contribution >= 0.6 is 22.9 Å². The van der Waals surface area contributed by atoms with Crippen molar-refractivity contribution in [2.24, 2.45) is 0 Å². The molecule has 3 heterocycles. The molecule has 2 atom stereocenters. The van der Waals surface area contributed by atoms with Gasteiger partial charge in [0.25, 0.3) is 11.8 Å². The van der Waals surface area contributed by atoms with Gasteiger partial charge < -0.3 is 25.0 Å². The van der Waals surface area contributed by atoms with Crippen LogP contribution < -0.4 is 10.6 Å². The quantitative estimate of drug-likeness (QED) is 0.712. The summed E-state index contributed by atoms with van der Waals surface area (Å²) in [5, 5.41) is 5.87. The fourth-order valence-electron chi connectivity index (χ4n) is 4.05. The average molecular weight is 464 g/mol. The second-order valence-corrected chi connectivity index (χ2v) is 9.76. The van der Waals surface area contributed by atoms with E-state index in [4.69, 9.17) is 21.1 Å². The van der Waals surface area contributed by atoms with Crippen molar-refractivity contribution >= 4 is 40.4 Å². The van der Waals surface area contributed by atoms with Crippen LogP contribution in [0.2, 0.25) is 4.34 Å². The summed E-state index contributed by atoms with van der Waals surface area (Å²) in [6, 6.07) is 9.24. The van der Waals surface area contributed by atoms with Gasteiger partial charge in [0.2, 0.25) is 0 Å². The standard InChI is InChI=1S/C22H26ClN3O4S/c1-26-9-7-14-3-4-15(11-16(14)17(12-26)29-2)24-21(28)22(8-10-30-13-22)25-20(27)18-5-6-19(23)31-18/h3-6,11,17H,7-10,12-13H2,1-2H3,(H,24,28)(H,25,27). The minimum atomic E-state index is -1.12. The molecule has 31 heavy (non-hydrogen) atoms. The average Bonchev–Trinajstić information content (AvgIpc) is 3.37. The van der Waals surface area contributed by atoms with Crippen LogP contribution in [0.1, 0.15) is 33.3 Å². The van der Waals surface area contributed by atoms with Crippen LogP contribution in [0.4, 0.5) is 5.69 Å². The zero-order valence-electron chi connectivity index (χ0n) is 17.6. The summed E-state index contributed by atoms with van der Waals surface area (Å²) in [6.45, 7) is 2.27. The molecule has 1 saturated heterocycles. The van der Waals surface area contributed by atoms with E-state index in [0.29, 0.717) is 27.9 Å². The van der Waals surface area contributed by atoms with Gasteiger partial charge in [-0.15, -0.1) is 11.3 Å². The Morgan fingerprint density at radius 2 is 2.16 bits per heavy atom. The van der Waals surface area contributed by atoms with Crippen molar-refractivity contribution in [3.05, 3.63) is 50.7 Å². The van der Waals surface area contributed by atoms with Gasteiger partial charge in [-0.2, -0.15) is 0 Å². The minimum absolute atomic E-state index is 0.0635. The zero-order valence-corrected chi connectivity index (χ0v) is 19.1. The molecule has 2 amide bonds. The molecule has 0 bridgehead atoms. The van der Waals surface area contributed by atoms with Crippen molar-refractivity contribution in [1.29, 1.82) is 0 Å². The second kappa shape index (κ2) is 9.26. The van der Waals surface area contributed by atoms with Crippen LogP contribution in [0, 0.1) is 0 Å². The summed E-state index contributed by atoms with van der Waals surface area (Å²) in [4.78, 5) is 28.7. The Labute approximate surface area is 190 Å². The molecule has 0 spiro atoms. The molecule has 2 aliphatic rings. The summed E-state index contributed by atoms with van der Waals surface area (Å²) in [7, 11) is 3.78. The van der Waals surface area contributed by atoms with Crippen molar-refractivity contribution in [2.75, 3.05) is 45.8 Å². The van der Waals surface area contributed by atoms with E-state index in [0.717, 1.165) is 25.1 Å². The Morgan fingerprint density at radius 1 is 1.32 bits per heavy atom. The number of nitrogens with zero attached hydrogens (tertiary/aromatic N) is 1. The number of thiophene rings is 1. The number of anilines is 1. The van der Waals surface area contributed by atoms with Crippen molar-refractivity contribution in [3.8, 4) is 0 Å². The number of ether oxygens (including phenoxy) is 2. The molecular formula is C22H26ClN3O4S. The predicted molar refractivity (Wildman–Crippen MR) is 121 cm³/mol. The maximum atomic E-state index is 13.3. The third kappa shape index (κ3) is 4.78. The Hall–Kier alpha value is -1.97. The van der Waals surface area contributed by atoms with E-state index in [9.17, 15) is 9.59 Å². The Bertz CT molecular complexity index is 973. The monoisotopic (exact) mass is 463 g/mol. The molecule has 0 aliphatic carbocycles. The molecule has 0 radical (unpaired) electrons. The Morgan fingerprint density at radius 3 is 2.84 bits per heavy atom. The Kier molecular flexibility index (Phi) is 6.64. The number of carbonyl (C=O) groups excluding carboxylic acids is 2. The van der Waals surface area contributed by atoms with Gasteiger partial charge in [-0.1, -0.05) is 17.7 Å². The molecule has 166 valence electrons. The number of likely N-dealkylation sites (N-methyl/N-ethyl adjacent to an activating group) is 1. The van der Waals surface area contributed by atoms with E-state index in [1.807, 2.05) is 18.2 Å². The van der Waals surface area contributed by atoms with Gasteiger partial charge >= 0.3 is 0 Å². The molecular weight excluding hydrogens is 438 g/mol. The van der Waals surface area contributed by atoms with E-state index in [1.54, 1.807) is 19.2 Å². The smallest absolute Gasteiger partial charge is 0.262 e. The highest BCUT2D eigenvalue weighted by molar-refractivity contribution is 7.18. The number of halogens is 1. The first-order valence-corrected chi connectivity index (χ1v) is 11.4. The van der Waals surface area contributed by atoms with E-state index >= 15 is 0 Å². The van der Waals surface area contributed by atoms with E-state index < -0.39 is 5.54 Å². The van der Waals surface area contributed by atoms with Gasteiger partial charge in [0.05, 0.1) is 21.9 Å². The molecule has 2 aromatic rings. The van der Waals surface area contributed by atoms with Crippen molar-refractivity contribution in [1.82, 2.24) is 10.2 Å². The number of methoxy groups -OCH3 is 1.